The lowest BCUT2D eigenvalue weighted by molar-refractivity contribution is -0.373. The predicted octanol–water partition coefficient (Wildman–Crippen LogP) is 2.41. The number of allylic oxidation sites excluding steroid dienone is 1. The summed E-state index contributed by atoms with van der Waals surface area (Å²) in [5, 5.41) is 71.2. The van der Waals surface area contributed by atoms with E-state index in [9.17, 15) is 35.1 Å². The van der Waals surface area contributed by atoms with Gasteiger partial charge in [0.15, 0.2) is 0 Å². The van der Waals surface area contributed by atoms with Crippen molar-refractivity contribution in [2.24, 2.45) is 58.2 Å². The summed E-state index contributed by atoms with van der Waals surface area (Å²) in [6, 6.07) is 0. The highest BCUT2D eigenvalue weighted by Gasteiger charge is 2.84. The van der Waals surface area contributed by atoms with Crippen LogP contribution in [0, 0.1) is 58.2 Å². The molecule has 0 radical (unpaired) electrons. The minimum atomic E-state index is -2.11. The van der Waals surface area contributed by atoms with Gasteiger partial charge in [0.1, 0.15) is 23.6 Å². The van der Waals surface area contributed by atoms with Gasteiger partial charge in [-0.2, -0.15) is 0 Å². The molecule has 10 heteroatoms. The molecule has 8 rings (SSSR count). The van der Waals surface area contributed by atoms with Crippen molar-refractivity contribution in [3.63, 3.8) is 0 Å². The zero-order valence-corrected chi connectivity index (χ0v) is 30.2. The van der Waals surface area contributed by atoms with Gasteiger partial charge in [0.05, 0.1) is 23.2 Å². The number of hydrogen-bond acceptors (Lipinski definition) is 10. The standard InChI is InChI=1S/C40H60N2O8/c1-22(23-6-4-5-7-23)24-8-9-28-30(44)10-13-37(21-43)31-11-12-36(2)33-25(16-26(20-42-15-14-41-3)34-27(33)18-32(45)50-34)19-38(36,47)40(31,49)35(46)29(17-24)39(28,37)48/h16,18,21-25,28-31,33-35,41-42,44,46-49H,4-15,17,19-20H2,1-3H3. The van der Waals surface area contributed by atoms with E-state index in [1.165, 1.54) is 12.8 Å². The summed E-state index contributed by atoms with van der Waals surface area (Å²) in [5.41, 5.74) is -6.28. The van der Waals surface area contributed by atoms with Crippen molar-refractivity contribution in [3.05, 3.63) is 23.3 Å². The number of aliphatic hydroxyl groups is 5. The minimum Gasteiger partial charge on any atom is -0.450 e. The molecule has 0 spiro atoms. The van der Waals surface area contributed by atoms with Gasteiger partial charge in [-0.1, -0.05) is 45.6 Å². The van der Waals surface area contributed by atoms with Gasteiger partial charge in [0.25, 0.3) is 0 Å². The van der Waals surface area contributed by atoms with Crippen LogP contribution in [-0.4, -0.2) is 99.6 Å². The molecule has 50 heavy (non-hydrogen) atoms. The van der Waals surface area contributed by atoms with Crippen LogP contribution in [0.15, 0.2) is 23.3 Å². The van der Waals surface area contributed by atoms with E-state index in [0.29, 0.717) is 50.5 Å². The number of hydrogen-bond donors (Lipinski definition) is 7. The molecule has 1 aliphatic heterocycles. The van der Waals surface area contributed by atoms with Crippen LogP contribution in [0.5, 0.6) is 0 Å². The molecule has 6 saturated carbocycles. The third kappa shape index (κ3) is 4.39. The highest BCUT2D eigenvalue weighted by atomic mass is 16.5. The van der Waals surface area contributed by atoms with Crippen molar-refractivity contribution in [2.75, 3.05) is 26.7 Å². The summed E-state index contributed by atoms with van der Waals surface area (Å²) in [4.78, 5) is 26.6. The van der Waals surface area contributed by atoms with E-state index in [4.69, 9.17) is 4.74 Å². The van der Waals surface area contributed by atoms with Crippen molar-refractivity contribution in [1.82, 2.24) is 10.6 Å². The lowest BCUT2D eigenvalue weighted by Crippen LogP contribution is -2.85. The second kappa shape index (κ2) is 12.2. The summed E-state index contributed by atoms with van der Waals surface area (Å²) in [6.45, 7) is 6.29. The van der Waals surface area contributed by atoms with Crippen molar-refractivity contribution >= 4 is 12.3 Å². The summed E-state index contributed by atoms with van der Waals surface area (Å²) < 4.78 is 5.87. The van der Waals surface area contributed by atoms with Crippen LogP contribution in [0.2, 0.25) is 0 Å². The topological polar surface area (TPSA) is 169 Å². The Hall–Kier alpha value is -1.66. The highest BCUT2D eigenvalue weighted by Crippen LogP contribution is 2.76. The van der Waals surface area contributed by atoms with Crippen LogP contribution in [0.3, 0.4) is 0 Å². The Morgan fingerprint density at radius 1 is 0.980 bits per heavy atom. The third-order valence-electron chi connectivity index (χ3n) is 16.7. The predicted molar refractivity (Wildman–Crippen MR) is 185 cm³/mol. The average molecular weight is 697 g/mol. The Labute approximate surface area is 296 Å². The number of nitrogens with one attached hydrogen (secondary N) is 2. The monoisotopic (exact) mass is 696 g/mol. The lowest BCUT2D eigenvalue weighted by Gasteiger charge is -2.72. The number of aliphatic hydroxyl groups excluding tert-OH is 2. The van der Waals surface area contributed by atoms with Crippen LogP contribution in [-0.2, 0) is 14.3 Å². The van der Waals surface area contributed by atoms with Crippen LogP contribution in [0.4, 0.5) is 0 Å². The summed E-state index contributed by atoms with van der Waals surface area (Å²) in [5.74, 6) is -2.30. The Balaban J connectivity index is 1.23. The first-order valence-corrected chi connectivity index (χ1v) is 19.8. The first-order chi connectivity index (χ1) is 23.8. The van der Waals surface area contributed by atoms with Crippen LogP contribution in [0.25, 0.3) is 0 Å². The molecule has 278 valence electrons. The van der Waals surface area contributed by atoms with Gasteiger partial charge in [-0.05, 0) is 99.1 Å². The fourth-order valence-electron chi connectivity index (χ4n) is 14.3. The smallest absolute Gasteiger partial charge is 0.331 e. The second-order valence-electron chi connectivity index (χ2n) is 18.2. The molecule has 0 amide bonds. The van der Waals surface area contributed by atoms with Gasteiger partial charge in [-0.15, -0.1) is 0 Å². The van der Waals surface area contributed by atoms with E-state index >= 15 is 0 Å². The van der Waals surface area contributed by atoms with E-state index in [2.05, 4.69) is 23.6 Å². The average Bonchev–Trinajstić information content (AvgIpc) is 3.78. The van der Waals surface area contributed by atoms with Gasteiger partial charge < -0.3 is 45.7 Å². The van der Waals surface area contributed by atoms with E-state index in [1.54, 1.807) is 6.08 Å². The molecular weight excluding hydrogens is 636 g/mol. The molecule has 0 saturated heterocycles. The lowest BCUT2D eigenvalue weighted by atomic mass is 9.35. The number of carbonyl (C=O) groups is 2. The first kappa shape index (κ1) is 35.4. The highest BCUT2D eigenvalue weighted by molar-refractivity contribution is 5.87. The van der Waals surface area contributed by atoms with E-state index in [1.807, 2.05) is 14.0 Å². The molecule has 0 aromatic heterocycles. The van der Waals surface area contributed by atoms with Gasteiger partial charge in [-0.3, -0.25) is 0 Å². The van der Waals surface area contributed by atoms with Gasteiger partial charge in [-0.25, -0.2) is 4.79 Å². The van der Waals surface area contributed by atoms with Gasteiger partial charge in [0.2, 0.25) is 0 Å². The van der Waals surface area contributed by atoms with Crippen LogP contribution >= 0.6 is 0 Å². The number of carbonyl (C=O) groups excluding carboxylic acids is 2. The number of aldehydes is 1. The Morgan fingerprint density at radius 2 is 1.74 bits per heavy atom. The number of fused-ring (bicyclic) bond motifs is 8. The maximum Gasteiger partial charge on any atom is 0.331 e. The minimum absolute atomic E-state index is 0.147. The first-order valence-electron chi connectivity index (χ1n) is 19.8. The molecule has 6 fully saturated rings. The van der Waals surface area contributed by atoms with E-state index in [-0.39, 0.29) is 30.6 Å². The largest absolute Gasteiger partial charge is 0.450 e. The van der Waals surface area contributed by atoms with Crippen molar-refractivity contribution in [3.8, 4) is 0 Å². The van der Waals surface area contributed by atoms with Crippen molar-refractivity contribution in [1.29, 1.82) is 0 Å². The van der Waals surface area contributed by atoms with E-state index < -0.39 is 69.7 Å². The molecule has 10 nitrogen and oxygen atoms in total. The molecule has 8 aliphatic rings. The maximum absolute atomic E-state index is 13.8. The van der Waals surface area contributed by atoms with Gasteiger partial charge in [0, 0.05) is 48.9 Å². The number of esters is 1. The second-order valence-corrected chi connectivity index (χ2v) is 18.2. The molecule has 0 aromatic rings. The van der Waals surface area contributed by atoms with Crippen LogP contribution in [0.1, 0.15) is 90.9 Å². The normalized spacial score (nSPS) is 51.6. The molecule has 7 aliphatic carbocycles. The fraction of sp³-hybridized carbons (Fsp3) is 0.850. The number of rotatable bonds is 8. The Bertz CT molecular complexity index is 1450. The Morgan fingerprint density at radius 3 is 2.46 bits per heavy atom. The SMILES string of the molecule is CNCCNCC1=CC2CC3(O)C(C)(CCC4C5(C=O)CCC(O)C6CCC(C(C)C7CCCC7)CC(C(O)C43O)C65O)C2C2=CC(=O)OC12. The quantitative estimate of drug-likeness (QED) is 0.0867. The summed E-state index contributed by atoms with van der Waals surface area (Å²) in [7, 11) is 1.89. The molecule has 0 bridgehead atoms. The van der Waals surface area contributed by atoms with Crippen LogP contribution < -0.4 is 10.6 Å². The third-order valence-corrected chi connectivity index (χ3v) is 16.7. The molecular formula is C40H60N2O8. The fourth-order valence-corrected chi connectivity index (χ4v) is 14.3. The van der Waals surface area contributed by atoms with E-state index in [0.717, 1.165) is 49.8 Å². The van der Waals surface area contributed by atoms with Crippen molar-refractivity contribution < 1.29 is 39.9 Å². The zero-order valence-electron chi connectivity index (χ0n) is 30.2. The van der Waals surface area contributed by atoms with Crippen molar-refractivity contribution in [2.45, 2.75) is 126 Å². The molecule has 0 aromatic carbocycles. The van der Waals surface area contributed by atoms with Gasteiger partial charge >= 0.3 is 5.97 Å². The molecule has 1 heterocycles. The number of likely N-dealkylation sites (N-methyl/N-ethyl adjacent to an activating group) is 1. The zero-order chi connectivity index (χ0) is 35.4. The number of ether oxygens (including phenoxy) is 1. The molecule has 7 N–H and O–H groups in total. The summed E-state index contributed by atoms with van der Waals surface area (Å²) in [6.07, 6.45) is 9.65. The summed E-state index contributed by atoms with van der Waals surface area (Å²) >= 11 is 0. The maximum atomic E-state index is 13.8. The Kier molecular flexibility index (Phi) is 8.62. The molecule has 15 atom stereocenters. The molecule has 15 unspecified atom stereocenters.